The van der Waals surface area contributed by atoms with Crippen LogP contribution in [0.15, 0.2) is 42.5 Å². The van der Waals surface area contributed by atoms with Crippen LogP contribution >= 0.6 is 35.3 Å². The Hall–Kier alpha value is -6.20. The molecule has 2 amide bonds. The first-order chi connectivity index (χ1) is 33.0. The number of alkyl halides is 8. The van der Waals surface area contributed by atoms with E-state index in [1.54, 1.807) is 20.1 Å². The first-order valence-corrected chi connectivity index (χ1v) is 23.4. The van der Waals surface area contributed by atoms with Crippen molar-refractivity contribution in [2.24, 2.45) is 5.92 Å². The zero-order valence-electron chi connectivity index (χ0n) is 37.2. The number of nitrogens with zero attached hydrogens (tertiary/aromatic N) is 6. The molecule has 1 aliphatic rings. The highest BCUT2D eigenvalue weighted by atomic mass is 35.5. The van der Waals surface area contributed by atoms with Gasteiger partial charge in [0.15, 0.2) is 17.4 Å². The molecule has 6 rings (SSSR count). The molecule has 3 heterocycles. The van der Waals surface area contributed by atoms with Crippen molar-refractivity contribution < 1.29 is 78.0 Å². The number of carbonyl (C=O) groups excluding carboxylic acids is 2. The number of anilines is 1. The van der Waals surface area contributed by atoms with Crippen molar-refractivity contribution in [3.8, 4) is 23.0 Å². The van der Waals surface area contributed by atoms with Crippen LogP contribution in [0.4, 0.5) is 54.5 Å². The van der Waals surface area contributed by atoms with Crippen LogP contribution in [0.5, 0.6) is 0 Å². The lowest BCUT2D eigenvalue weighted by molar-refractivity contribution is -0.155. The number of halogens is 11. The number of aromatic nitrogens is 5. The number of ether oxygens (including phenoxy) is 1. The summed E-state index contributed by atoms with van der Waals surface area (Å²) in [5.74, 6) is -7.43. The molecule has 380 valence electrons. The lowest BCUT2D eigenvalue weighted by Gasteiger charge is -2.23. The summed E-state index contributed by atoms with van der Waals surface area (Å²) in [7, 11) is 0. The molecule has 0 aliphatic heterocycles. The minimum Gasteiger partial charge on any atom is -0.481 e. The number of fused-ring (bicyclic) bond motifs is 2. The number of nitrogens with one attached hydrogen (secondary N) is 1. The zero-order chi connectivity index (χ0) is 52.5. The number of carboxylic acid groups (broad SMARTS) is 2. The van der Waals surface area contributed by atoms with Crippen LogP contribution in [0.3, 0.4) is 0 Å². The smallest absolute Gasteiger partial charge is 0.435 e. The standard InChI is InChI=1S/C44H38ClF10N7O7S2/c1-41(2,70-3)12-9-24-5-6-25(26-7-8-29(45)32-34(26)61(20-43(50,51)52)59-37(32)62(71-4)40(68)69-14-11-28(38(64)65)39(66)67)33(56-24)30(17-21-15-22(46)18-23(47)16-21)57-31(63)19-60-36-27(10-13-42(36,48)49)35(58-60)44(53,54)55/h5-8,15-16,18,28,30H,10-11,13-14,17,19-20H2,1-4H3,(H,57,63)(H,64,65)(H,66,67). The maximum Gasteiger partial charge on any atom is 0.435 e. The fourth-order valence-electron chi connectivity index (χ4n) is 7.58. The fraction of sp³-hybridized carbons (Fsp3) is 0.386. The predicted octanol–water partition coefficient (Wildman–Crippen LogP) is 9.84. The van der Waals surface area contributed by atoms with Gasteiger partial charge < -0.3 is 20.3 Å². The molecule has 0 radical (unpaired) electrons. The van der Waals surface area contributed by atoms with Crippen molar-refractivity contribution in [2.45, 2.75) is 81.7 Å². The van der Waals surface area contributed by atoms with E-state index in [0.29, 0.717) is 27.0 Å². The average Bonchev–Trinajstić information content (AvgIpc) is 3.92. The largest absolute Gasteiger partial charge is 0.481 e. The Morgan fingerprint density at radius 2 is 1.61 bits per heavy atom. The number of rotatable bonds is 16. The fourth-order valence-corrected chi connectivity index (χ4v) is 8.47. The van der Waals surface area contributed by atoms with Gasteiger partial charge in [0.25, 0.3) is 5.92 Å². The maximum atomic E-state index is 15.1. The summed E-state index contributed by atoms with van der Waals surface area (Å²) in [6, 6.07) is 5.69. The Morgan fingerprint density at radius 3 is 2.20 bits per heavy atom. The molecule has 3 aromatic heterocycles. The summed E-state index contributed by atoms with van der Waals surface area (Å²) in [5.41, 5.74) is -4.85. The molecule has 27 heteroatoms. The SMILES string of the molecule is CSN(C(=O)OCCC(C(=O)O)C(=O)O)c1nn(CC(F)(F)F)c2c(-c3ccc(C#CC(C)(C)SC)nc3C(Cc3cc(F)cc(F)c3)NC(=O)Cn3nc(C(F)(F)F)c4c3C(F)(F)CC4)ccc(Cl)c12. The summed E-state index contributed by atoms with van der Waals surface area (Å²) in [5, 5.41) is 27.8. The lowest BCUT2D eigenvalue weighted by atomic mass is 9.93. The molecule has 0 fully saturated rings. The highest BCUT2D eigenvalue weighted by molar-refractivity contribution is 8.00. The van der Waals surface area contributed by atoms with Gasteiger partial charge in [-0.1, -0.05) is 23.6 Å². The number of aliphatic carboxylic acids is 2. The number of hydrogen-bond acceptors (Lipinski definition) is 10. The van der Waals surface area contributed by atoms with E-state index >= 15 is 8.78 Å². The molecular weight excluding hydrogens is 1030 g/mol. The Bertz CT molecular complexity index is 2940. The third kappa shape index (κ3) is 12.5. The van der Waals surface area contributed by atoms with Gasteiger partial charge in [-0.3, -0.25) is 23.7 Å². The van der Waals surface area contributed by atoms with Crippen LogP contribution in [0.1, 0.15) is 66.6 Å². The first-order valence-electron chi connectivity index (χ1n) is 20.7. The van der Waals surface area contributed by atoms with Crippen molar-refractivity contribution in [1.82, 2.24) is 29.9 Å². The second kappa shape index (κ2) is 20.9. The summed E-state index contributed by atoms with van der Waals surface area (Å²) < 4.78 is 151. The van der Waals surface area contributed by atoms with Crippen molar-refractivity contribution in [2.75, 3.05) is 23.4 Å². The van der Waals surface area contributed by atoms with Gasteiger partial charge in [-0.2, -0.15) is 49.6 Å². The van der Waals surface area contributed by atoms with E-state index in [4.69, 9.17) is 16.3 Å². The van der Waals surface area contributed by atoms with Gasteiger partial charge in [0.05, 0.1) is 39.0 Å². The second-order valence-electron chi connectivity index (χ2n) is 16.3. The molecule has 0 saturated carbocycles. The highest BCUT2D eigenvalue weighted by Gasteiger charge is 2.50. The van der Waals surface area contributed by atoms with E-state index in [-0.39, 0.29) is 43.2 Å². The van der Waals surface area contributed by atoms with Gasteiger partial charge in [0.2, 0.25) is 5.91 Å². The summed E-state index contributed by atoms with van der Waals surface area (Å²) >= 11 is 8.58. The quantitative estimate of drug-likeness (QED) is 0.0369. The van der Waals surface area contributed by atoms with E-state index in [0.717, 1.165) is 12.1 Å². The minimum atomic E-state index is -5.19. The van der Waals surface area contributed by atoms with Crippen LogP contribution in [0.25, 0.3) is 22.0 Å². The molecule has 3 N–H and O–H groups in total. The zero-order valence-corrected chi connectivity index (χ0v) is 39.6. The lowest BCUT2D eigenvalue weighted by Crippen LogP contribution is -2.35. The average molecular weight is 1070 g/mol. The molecule has 2 aromatic carbocycles. The molecule has 14 nitrogen and oxygen atoms in total. The molecule has 0 saturated heterocycles. The van der Waals surface area contributed by atoms with Gasteiger partial charge in [-0.05, 0) is 86.7 Å². The Balaban J connectivity index is 1.57. The third-order valence-corrected chi connectivity index (χ3v) is 12.9. The number of benzene rings is 2. The number of thioether (sulfide) groups is 1. The van der Waals surface area contributed by atoms with Crippen LogP contribution in [-0.2, 0) is 57.2 Å². The Kier molecular flexibility index (Phi) is 15.9. The van der Waals surface area contributed by atoms with Gasteiger partial charge >= 0.3 is 30.4 Å². The summed E-state index contributed by atoms with van der Waals surface area (Å²) in [6.07, 6.45) is -11.5. The predicted molar refractivity (Wildman–Crippen MR) is 240 cm³/mol. The second-order valence-corrected chi connectivity index (χ2v) is 18.8. The monoisotopic (exact) mass is 1070 g/mol. The molecule has 5 aromatic rings. The van der Waals surface area contributed by atoms with Crippen LogP contribution in [-0.4, -0.2) is 88.7 Å². The van der Waals surface area contributed by atoms with E-state index in [1.165, 1.54) is 42.3 Å². The van der Waals surface area contributed by atoms with Crippen molar-refractivity contribution in [1.29, 1.82) is 0 Å². The van der Waals surface area contributed by atoms with Gasteiger partial charge in [0, 0.05) is 41.9 Å². The van der Waals surface area contributed by atoms with Crippen molar-refractivity contribution in [3.63, 3.8) is 0 Å². The van der Waals surface area contributed by atoms with Crippen LogP contribution < -0.4 is 9.62 Å². The summed E-state index contributed by atoms with van der Waals surface area (Å²) in [4.78, 5) is 55.0. The molecule has 1 atom stereocenters. The van der Waals surface area contributed by atoms with Crippen LogP contribution in [0.2, 0.25) is 5.02 Å². The van der Waals surface area contributed by atoms with Gasteiger partial charge in [-0.15, -0.1) is 11.8 Å². The van der Waals surface area contributed by atoms with Crippen molar-refractivity contribution in [3.05, 3.63) is 93.0 Å². The van der Waals surface area contributed by atoms with E-state index in [9.17, 15) is 64.5 Å². The normalized spacial score (nSPS) is 14.0. The van der Waals surface area contributed by atoms with E-state index in [1.807, 2.05) is 0 Å². The first kappa shape index (κ1) is 54.1. The third-order valence-electron chi connectivity index (χ3n) is 10.8. The van der Waals surface area contributed by atoms with Crippen molar-refractivity contribution >= 4 is 76.0 Å². The van der Waals surface area contributed by atoms with E-state index < -0.39 is 144 Å². The molecule has 1 unspecified atom stereocenters. The summed E-state index contributed by atoms with van der Waals surface area (Å²) in [6.45, 7) is -0.345. The molecule has 1 aliphatic carbocycles. The topological polar surface area (TPSA) is 182 Å². The van der Waals surface area contributed by atoms with E-state index in [2.05, 4.69) is 32.3 Å². The van der Waals surface area contributed by atoms with Gasteiger partial charge in [0.1, 0.15) is 36.1 Å². The molecule has 71 heavy (non-hydrogen) atoms. The number of amides is 2. The molecule has 0 spiro atoms. The molecule has 0 bridgehead atoms. The number of pyridine rings is 1. The Labute approximate surface area is 409 Å². The molecular formula is C44H38ClF10N7O7S2. The van der Waals surface area contributed by atoms with Gasteiger partial charge in [-0.25, -0.2) is 18.6 Å². The number of carboxylic acids is 2. The maximum absolute atomic E-state index is 15.1. The highest BCUT2D eigenvalue weighted by Crippen LogP contribution is 2.47. The van der Waals surface area contributed by atoms with Crippen LogP contribution in [0, 0.1) is 29.4 Å². The number of hydrogen-bond donors (Lipinski definition) is 3. The minimum absolute atomic E-state index is 0.0334. The Morgan fingerprint density at radius 1 is 0.958 bits per heavy atom. The number of carbonyl (C=O) groups is 4.